The molecule has 140 valence electrons. The van der Waals surface area contributed by atoms with Gasteiger partial charge in [-0.1, -0.05) is 31.7 Å². The second-order valence-electron chi connectivity index (χ2n) is 7.08. The molecule has 1 aliphatic carbocycles. The number of guanidine groups is 1. The molecule has 1 saturated carbocycles. The molecule has 2 N–H and O–H groups in total. The Morgan fingerprint density at radius 3 is 2.56 bits per heavy atom. The molecule has 1 aromatic rings. The molecule has 0 aliphatic heterocycles. The Labute approximate surface area is 151 Å². The summed E-state index contributed by atoms with van der Waals surface area (Å²) in [5, 5.41) is 6.77. The van der Waals surface area contributed by atoms with Gasteiger partial charge in [0.15, 0.2) is 5.96 Å². The van der Waals surface area contributed by atoms with E-state index in [0.717, 1.165) is 50.0 Å². The quantitative estimate of drug-likeness (QED) is 0.410. The van der Waals surface area contributed by atoms with E-state index in [0.29, 0.717) is 0 Å². The van der Waals surface area contributed by atoms with Gasteiger partial charge in [0.25, 0.3) is 5.56 Å². The van der Waals surface area contributed by atoms with E-state index >= 15 is 0 Å². The van der Waals surface area contributed by atoms with Gasteiger partial charge < -0.3 is 15.2 Å². The van der Waals surface area contributed by atoms with Crippen LogP contribution in [-0.2, 0) is 6.54 Å². The fraction of sp³-hybridized carbons (Fsp3) is 0.700. The van der Waals surface area contributed by atoms with Crippen LogP contribution in [0.1, 0.15) is 57.1 Å². The van der Waals surface area contributed by atoms with Gasteiger partial charge in [-0.3, -0.25) is 9.79 Å². The molecule has 1 aliphatic rings. The van der Waals surface area contributed by atoms with E-state index in [-0.39, 0.29) is 5.56 Å². The largest absolute Gasteiger partial charge is 0.356 e. The monoisotopic (exact) mass is 346 g/mol. The molecule has 1 fully saturated rings. The van der Waals surface area contributed by atoms with Crippen LogP contribution >= 0.6 is 0 Å². The SMILES string of the molecule is CN=C(NCCCCn1c(C)cccc1=O)NCCCC1CCCC1. The van der Waals surface area contributed by atoms with Gasteiger partial charge in [-0.2, -0.15) is 0 Å². The van der Waals surface area contributed by atoms with Gasteiger partial charge in [-0.25, -0.2) is 0 Å². The van der Waals surface area contributed by atoms with Crippen LogP contribution in [-0.4, -0.2) is 30.7 Å². The molecule has 5 heteroatoms. The normalized spacial score (nSPS) is 15.5. The minimum absolute atomic E-state index is 0.0905. The van der Waals surface area contributed by atoms with Crippen molar-refractivity contribution in [1.82, 2.24) is 15.2 Å². The van der Waals surface area contributed by atoms with Crippen LogP contribution in [0.25, 0.3) is 0 Å². The molecule has 2 rings (SSSR count). The maximum atomic E-state index is 11.8. The topological polar surface area (TPSA) is 58.4 Å². The van der Waals surface area contributed by atoms with Gasteiger partial charge in [0, 0.05) is 38.4 Å². The first-order chi connectivity index (χ1) is 12.2. The summed E-state index contributed by atoms with van der Waals surface area (Å²) in [6, 6.07) is 5.43. The van der Waals surface area contributed by atoms with Gasteiger partial charge in [0.05, 0.1) is 0 Å². The second-order valence-corrected chi connectivity index (χ2v) is 7.08. The molecular formula is C20H34N4O. The summed E-state index contributed by atoms with van der Waals surface area (Å²) in [7, 11) is 1.82. The van der Waals surface area contributed by atoms with Crippen molar-refractivity contribution in [2.24, 2.45) is 10.9 Å². The van der Waals surface area contributed by atoms with Crippen molar-refractivity contribution >= 4 is 5.96 Å². The smallest absolute Gasteiger partial charge is 0.250 e. The summed E-state index contributed by atoms with van der Waals surface area (Å²) < 4.78 is 1.84. The highest BCUT2D eigenvalue weighted by Crippen LogP contribution is 2.28. The Balaban J connectivity index is 1.55. The van der Waals surface area contributed by atoms with Crippen molar-refractivity contribution in [1.29, 1.82) is 0 Å². The number of aromatic nitrogens is 1. The fourth-order valence-electron chi connectivity index (χ4n) is 3.63. The average Bonchev–Trinajstić information content (AvgIpc) is 3.12. The van der Waals surface area contributed by atoms with Crippen LogP contribution in [0.15, 0.2) is 28.0 Å². The lowest BCUT2D eigenvalue weighted by atomic mass is 10.0. The Kier molecular flexibility index (Phi) is 8.56. The number of hydrogen-bond acceptors (Lipinski definition) is 2. The zero-order valence-electron chi connectivity index (χ0n) is 15.9. The summed E-state index contributed by atoms with van der Waals surface area (Å²) in [5.74, 6) is 1.85. The number of pyridine rings is 1. The molecule has 0 amide bonds. The molecule has 0 bridgehead atoms. The van der Waals surface area contributed by atoms with E-state index in [1.807, 2.05) is 30.7 Å². The van der Waals surface area contributed by atoms with E-state index in [1.54, 1.807) is 6.07 Å². The Morgan fingerprint density at radius 1 is 1.16 bits per heavy atom. The number of nitrogens with zero attached hydrogens (tertiary/aromatic N) is 2. The van der Waals surface area contributed by atoms with Crippen LogP contribution in [0.3, 0.4) is 0 Å². The number of nitrogens with one attached hydrogen (secondary N) is 2. The predicted octanol–water partition coefficient (Wildman–Crippen LogP) is 3.07. The van der Waals surface area contributed by atoms with E-state index in [2.05, 4.69) is 15.6 Å². The summed E-state index contributed by atoms with van der Waals surface area (Å²) in [5.41, 5.74) is 1.12. The van der Waals surface area contributed by atoms with Crippen molar-refractivity contribution < 1.29 is 0 Å². The minimum atomic E-state index is 0.0905. The lowest BCUT2D eigenvalue weighted by molar-refractivity contribution is 0.481. The highest BCUT2D eigenvalue weighted by Gasteiger charge is 2.13. The highest BCUT2D eigenvalue weighted by molar-refractivity contribution is 5.79. The van der Waals surface area contributed by atoms with Crippen LogP contribution in [0.4, 0.5) is 0 Å². The summed E-state index contributed by atoms with van der Waals surface area (Å²) in [6.45, 7) is 4.63. The van der Waals surface area contributed by atoms with Gasteiger partial charge in [0.1, 0.15) is 0 Å². The van der Waals surface area contributed by atoms with Crippen molar-refractivity contribution in [3.63, 3.8) is 0 Å². The van der Waals surface area contributed by atoms with Crippen LogP contribution in [0.5, 0.6) is 0 Å². The maximum absolute atomic E-state index is 11.8. The standard InChI is InChI=1S/C20H34N4O/c1-17-9-7-13-19(25)24(17)16-6-5-14-22-20(21-2)23-15-8-12-18-10-3-4-11-18/h7,9,13,18H,3-6,8,10-12,14-16H2,1-2H3,(H2,21,22,23). The molecule has 0 unspecified atom stereocenters. The first kappa shape index (κ1) is 19.5. The van der Waals surface area contributed by atoms with Crippen molar-refractivity contribution in [3.05, 3.63) is 34.2 Å². The number of hydrogen-bond donors (Lipinski definition) is 2. The molecular weight excluding hydrogens is 312 g/mol. The van der Waals surface area contributed by atoms with Crippen molar-refractivity contribution in [2.75, 3.05) is 20.1 Å². The summed E-state index contributed by atoms with van der Waals surface area (Å²) >= 11 is 0. The third-order valence-electron chi connectivity index (χ3n) is 5.15. The molecule has 0 atom stereocenters. The fourth-order valence-corrected chi connectivity index (χ4v) is 3.63. The highest BCUT2D eigenvalue weighted by atomic mass is 16.1. The van der Waals surface area contributed by atoms with Gasteiger partial charge in [0.2, 0.25) is 0 Å². The first-order valence-corrected chi connectivity index (χ1v) is 9.81. The molecule has 5 nitrogen and oxygen atoms in total. The Morgan fingerprint density at radius 2 is 1.88 bits per heavy atom. The van der Waals surface area contributed by atoms with Crippen molar-refractivity contribution in [3.8, 4) is 0 Å². The van der Waals surface area contributed by atoms with Gasteiger partial charge >= 0.3 is 0 Å². The third kappa shape index (κ3) is 6.92. The number of aliphatic imine (C=N–C) groups is 1. The maximum Gasteiger partial charge on any atom is 0.250 e. The van der Waals surface area contributed by atoms with Crippen LogP contribution < -0.4 is 16.2 Å². The van der Waals surface area contributed by atoms with Crippen LogP contribution in [0.2, 0.25) is 0 Å². The molecule has 0 radical (unpaired) electrons. The number of rotatable bonds is 9. The summed E-state index contributed by atoms with van der Waals surface area (Å²) in [4.78, 5) is 16.1. The Hall–Kier alpha value is -1.78. The lowest BCUT2D eigenvalue weighted by Gasteiger charge is -2.14. The third-order valence-corrected chi connectivity index (χ3v) is 5.15. The number of unbranched alkanes of at least 4 members (excludes halogenated alkanes) is 1. The molecule has 0 aromatic carbocycles. The molecule has 1 heterocycles. The van der Waals surface area contributed by atoms with Crippen LogP contribution in [0, 0.1) is 12.8 Å². The van der Waals surface area contributed by atoms with E-state index < -0.39 is 0 Å². The number of aryl methyl sites for hydroxylation is 1. The summed E-state index contributed by atoms with van der Waals surface area (Å²) in [6.07, 6.45) is 10.3. The van der Waals surface area contributed by atoms with E-state index in [1.165, 1.54) is 38.5 Å². The zero-order chi connectivity index (χ0) is 17.9. The average molecular weight is 347 g/mol. The Bertz CT molecular complexity index is 588. The second kappa shape index (κ2) is 11.0. The molecule has 1 aromatic heterocycles. The minimum Gasteiger partial charge on any atom is -0.356 e. The molecule has 25 heavy (non-hydrogen) atoms. The zero-order valence-corrected chi connectivity index (χ0v) is 15.9. The van der Waals surface area contributed by atoms with Gasteiger partial charge in [-0.05, 0) is 44.6 Å². The predicted molar refractivity (Wildman–Crippen MR) is 105 cm³/mol. The molecule has 0 saturated heterocycles. The van der Waals surface area contributed by atoms with E-state index in [9.17, 15) is 4.79 Å². The first-order valence-electron chi connectivity index (χ1n) is 9.81. The molecule has 0 spiro atoms. The van der Waals surface area contributed by atoms with E-state index in [4.69, 9.17) is 0 Å². The van der Waals surface area contributed by atoms with Gasteiger partial charge in [-0.15, -0.1) is 0 Å². The van der Waals surface area contributed by atoms with Crippen molar-refractivity contribution in [2.45, 2.75) is 64.8 Å². The lowest BCUT2D eigenvalue weighted by Crippen LogP contribution is -2.38.